The van der Waals surface area contributed by atoms with Crippen LogP contribution in [0.15, 0.2) is 65.6 Å². The minimum Gasteiger partial charge on any atom is -0.481 e. The summed E-state index contributed by atoms with van der Waals surface area (Å²) in [6.07, 6.45) is 1.40. The van der Waals surface area contributed by atoms with Gasteiger partial charge in [0.05, 0.1) is 11.3 Å². The summed E-state index contributed by atoms with van der Waals surface area (Å²) in [6.45, 7) is 8.24. The lowest BCUT2D eigenvalue weighted by Gasteiger charge is -2.29. The molecule has 1 heterocycles. The third-order valence-electron chi connectivity index (χ3n) is 6.06. The quantitative estimate of drug-likeness (QED) is 0.356. The Balaban J connectivity index is 1.67. The van der Waals surface area contributed by atoms with E-state index in [1.165, 1.54) is 11.1 Å². The van der Waals surface area contributed by atoms with Crippen LogP contribution in [0.4, 0.5) is 21.9 Å². The monoisotopic (exact) mass is 500 g/mol. The third-order valence-corrected chi connectivity index (χ3v) is 6.97. The Hall–Kier alpha value is -3.84. The van der Waals surface area contributed by atoms with E-state index in [9.17, 15) is 14.4 Å². The van der Waals surface area contributed by atoms with E-state index in [2.05, 4.69) is 69.0 Å². The van der Waals surface area contributed by atoms with Gasteiger partial charge in [-0.25, -0.2) is 0 Å². The fourth-order valence-corrected chi connectivity index (χ4v) is 5.16. The van der Waals surface area contributed by atoms with Crippen LogP contribution in [0.3, 0.4) is 0 Å². The minimum atomic E-state index is -1.05. The van der Waals surface area contributed by atoms with Crippen molar-refractivity contribution < 1.29 is 19.5 Å². The van der Waals surface area contributed by atoms with Crippen molar-refractivity contribution in [3.63, 3.8) is 0 Å². The maximum absolute atomic E-state index is 12.6. The Morgan fingerprint density at radius 3 is 1.94 bits per heavy atom. The van der Waals surface area contributed by atoms with Crippen molar-refractivity contribution in [1.29, 1.82) is 0 Å². The Bertz CT molecular complexity index is 1330. The van der Waals surface area contributed by atoms with Crippen LogP contribution in [-0.4, -0.2) is 33.7 Å². The molecule has 6 nitrogen and oxygen atoms in total. The van der Waals surface area contributed by atoms with E-state index in [-0.39, 0.29) is 13.0 Å². The molecule has 184 valence electrons. The van der Waals surface area contributed by atoms with Crippen LogP contribution < -0.4 is 4.90 Å². The van der Waals surface area contributed by atoms with Gasteiger partial charge in [-0.3, -0.25) is 19.3 Å². The SMILES string of the molecule is Cc1ccc(N(c2ccc(/C=C3/SC(=O)N(CCC(=O)O)C3=O)cc2)c2ccc(C)cc2C)c(C)c1. The number of hydrogen-bond donors (Lipinski definition) is 1. The van der Waals surface area contributed by atoms with E-state index in [1.807, 2.05) is 24.3 Å². The van der Waals surface area contributed by atoms with Gasteiger partial charge in [0, 0.05) is 23.6 Å². The zero-order chi connectivity index (χ0) is 26.0. The fraction of sp³-hybridized carbons (Fsp3) is 0.207. The first-order valence-corrected chi connectivity index (χ1v) is 12.5. The van der Waals surface area contributed by atoms with Crippen molar-refractivity contribution in [2.75, 3.05) is 11.4 Å². The van der Waals surface area contributed by atoms with Crippen LogP contribution in [0.2, 0.25) is 0 Å². The molecule has 2 amide bonds. The molecular formula is C29H28N2O4S. The summed E-state index contributed by atoms with van der Waals surface area (Å²) in [5.41, 5.74) is 8.64. The molecule has 0 radical (unpaired) electrons. The van der Waals surface area contributed by atoms with Gasteiger partial charge in [-0.1, -0.05) is 47.5 Å². The zero-order valence-corrected chi connectivity index (χ0v) is 21.6. The largest absolute Gasteiger partial charge is 0.481 e. The number of amides is 2. The molecule has 1 aliphatic rings. The van der Waals surface area contributed by atoms with Gasteiger partial charge in [0.2, 0.25) is 0 Å². The summed E-state index contributed by atoms with van der Waals surface area (Å²) in [4.78, 5) is 39.2. The Morgan fingerprint density at radius 2 is 1.44 bits per heavy atom. The second kappa shape index (κ2) is 10.4. The molecule has 4 rings (SSSR count). The fourth-order valence-electron chi connectivity index (χ4n) is 4.29. The lowest BCUT2D eigenvalue weighted by molar-refractivity contribution is -0.137. The third kappa shape index (κ3) is 5.36. The lowest BCUT2D eigenvalue weighted by Crippen LogP contribution is -2.30. The number of carboxylic acids is 1. The number of nitrogens with zero attached hydrogens (tertiary/aromatic N) is 2. The molecular weight excluding hydrogens is 472 g/mol. The van der Waals surface area contributed by atoms with Gasteiger partial charge in [0.1, 0.15) is 0 Å². The van der Waals surface area contributed by atoms with E-state index in [4.69, 9.17) is 5.11 Å². The predicted molar refractivity (Wildman–Crippen MR) is 145 cm³/mol. The normalized spacial score (nSPS) is 14.6. The van der Waals surface area contributed by atoms with E-state index in [0.717, 1.165) is 50.4 Å². The Labute approximate surface area is 215 Å². The number of anilines is 3. The molecule has 3 aromatic rings. The molecule has 1 N–H and O–H groups in total. The molecule has 0 spiro atoms. The zero-order valence-electron chi connectivity index (χ0n) is 20.7. The molecule has 0 atom stereocenters. The Morgan fingerprint density at radius 1 is 0.889 bits per heavy atom. The maximum atomic E-state index is 12.6. The van der Waals surface area contributed by atoms with Gasteiger partial charge in [-0.15, -0.1) is 0 Å². The number of carbonyl (C=O) groups excluding carboxylic acids is 2. The Kier molecular flexibility index (Phi) is 7.31. The molecule has 36 heavy (non-hydrogen) atoms. The highest BCUT2D eigenvalue weighted by molar-refractivity contribution is 8.18. The van der Waals surface area contributed by atoms with E-state index >= 15 is 0 Å². The summed E-state index contributed by atoms with van der Waals surface area (Å²) >= 11 is 0.834. The highest BCUT2D eigenvalue weighted by Crippen LogP contribution is 2.39. The topological polar surface area (TPSA) is 77.9 Å². The highest BCUT2D eigenvalue weighted by atomic mass is 32.2. The van der Waals surface area contributed by atoms with Gasteiger partial charge >= 0.3 is 5.97 Å². The number of carboxylic acid groups (broad SMARTS) is 1. The van der Waals surface area contributed by atoms with Gasteiger partial charge in [-0.05, 0) is 86.5 Å². The maximum Gasteiger partial charge on any atom is 0.305 e. The minimum absolute atomic E-state index is 0.128. The molecule has 0 bridgehead atoms. The molecule has 0 aliphatic carbocycles. The van der Waals surface area contributed by atoms with Crippen LogP contribution in [0.5, 0.6) is 0 Å². The highest BCUT2D eigenvalue weighted by Gasteiger charge is 2.35. The van der Waals surface area contributed by atoms with Crippen LogP contribution in [0.1, 0.15) is 34.2 Å². The summed E-state index contributed by atoms with van der Waals surface area (Å²) < 4.78 is 0. The van der Waals surface area contributed by atoms with E-state index in [1.54, 1.807) is 6.08 Å². The van der Waals surface area contributed by atoms with Crippen molar-refractivity contribution >= 4 is 52.0 Å². The first-order chi connectivity index (χ1) is 17.1. The van der Waals surface area contributed by atoms with Gasteiger partial charge in [-0.2, -0.15) is 0 Å². The molecule has 0 saturated carbocycles. The second-order valence-corrected chi connectivity index (χ2v) is 9.98. The first-order valence-electron chi connectivity index (χ1n) is 11.7. The van der Waals surface area contributed by atoms with Crippen LogP contribution in [0, 0.1) is 27.7 Å². The average molecular weight is 501 g/mol. The number of thioether (sulfide) groups is 1. The van der Waals surface area contributed by atoms with E-state index in [0.29, 0.717) is 4.91 Å². The number of hydrogen-bond acceptors (Lipinski definition) is 5. The summed E-state index contributed by atoms with van der Waals surface area (Å²) in [7, 11) is 0. The molecule has 1 fully saturated rings. The van der Waals surface area contributed by atoms with Crippen molar-refractivity contribution in [3.8, 4) is 0 Å². The van der Waals surface area contributed by atoms with E-state index < -0.39 is 17.1 Å². The van der Waals surface area contributed by atoms with Crippen molar-refractivity contribution in [3.05, 3.63) is 93.4 Å². The summed E-state index contributed by atoms with van der Waals surface area (Å²) in [6, 6.07) is 20.6. The molecule has 0 aromatic heterocycles. The number of aryl methyl sites for hydroxylation is 4. The molecule has 1 saturated heterocycles. The molecule has 7 heteroatoms. The predicted octanol–water partition coefficient (Wildman–Crippen LogP) is 6.90. The van der Waals surface area contributed by atoms with Gasteiger partial charge in [0.25, 0.3) is 11.1 Å². The lowest BCUT2D eigenvalue weighted by atomic mass is 10.0. The summed E-state index contributed by atoms with van der Waals surface area (Å²) in [5, 5.41) is 8.43. The second-order valence-electron chi connectivity index (χ2n) is 8.98. The smallest absolute Gasteiger partial charge is 0.305 e. The number of aliphatic carboxylic acids is 1. The molecule has 1 aliphatic heterocycles. The van der Waals surface area contributed by atoms with Crippen LogP contribution in [0.25, 0.3) is 6.08 Å². The number of benzene rings is 3. The first kappa shape index (κ1) is 25.3. The van der Waals surface area contributed by atoms with Gasteiger partial charge < -0.3 is 10.0 Å². The number of imide groups is 1. The van der Waals surface area contributed by atoms with Crippen LogP contribution in [-0.2, 0) is 9.59 Å². The summed E-state index contributed by atoms with van der Waals surface area (Å²) in [5.74, 6) is -1.51. The van der Waals surface area contributed by atoms with Crippen molar-refractivity contribution in [2.24, 2.45) is 0 Å². The van der Waals surface area contributed by atoms with Crippen LogP contribution >= 0.6 is 11.8 Å². The van der Waals surface area contributed by atoms with Crippen molar-refractivity contribution in [2.45, 2.75) is 34.1 Å². The van der Waals surface area contributed by atoms with Gasteiger partial charge in [0.15, 0.2) is 0 Å². The standard InChI is InChI=1S/C29H28N2O4S/c1-18-5-11-24(20(3)15-18)31(25-12-6-19(2)16-21(25)4)23-9-7-22(8-10-23)17-26-28(34)30(29(35)36-26)14-13-27(32)33/h5-12,15-17H,13-14H2,1-4H3,(H,32,33)/b26-17+. The number of rotatable bonds is 7. The molecule has 0 unspecified atom stereocenters. The average Bonchev–Trinajstić information content (AvgIpc) is 3.08. The van der Waals surface area contributed by atoms with Crippen molar-refractivity contribution in [1.82, 2.24) is 4.90 Å². The molecule has 3 aromatic carbocycles. The number of carbonyl (C=O) groups is 3.